The Hall–Kier alpha value is -4.46. The van der Waals surface area contributed by atoms with E-state index in [1.165, 1.54) is 12.3 Å². The zero-order valence-electron chi connectivity index (χ0n) is 19.6. The van der Waals surface area contributed by atoms with Crippen LogP contribution in [-0.4, -0.2) is 29.4 Å². The molecule has 0 radical (unpaired) electrons. The number of furan rings is 1. The fraction of sp³-hybridized carbons (Fsp3) is 0.185. The SMILES string of the molecule is CCOC(=O)c1c(COC(=O)c2ccc(C)c(NC(=O)c3ccco3)c2)nc2ccccc2c1C. The minimum Gasteiger partial charge on any atom is -0.462 e. The molecule has 1 N–H and O–H groups in total. The Kier molecular flexibility index (Phi) is 6.91. The van der Waals surface area contributed by atoms with Gasteiger partial charge in [-0.3, -0.25) is 4.79 Å². The van der Waals surface area contributed by atoms with Gasteiger partial charge in [-0.25, -0.2) is 14.6 Å². The summed E-state index contributed by atoms with van der Waals surface area (Å²) in [5.41, 5.74) is 3.44. The summed E-state index contributed by atoms with van der Waals surface area (Å²) < 4.78 is 15.8. The molecule has 35 heavy (non-hydrogen) atoms. The number of carbonyl (C=O) groups is 3. The van der Waals surface area contributed by atoms with Crippen LogP contribution >= 0.6 is 0 Å². The highest BCUT2D eigenvalue weighted by atomic mass is 16.5. The molecule has 0 aliphatic rings. The number of ether oxygens (including phenoxy) is 2. The van der Waals surface area contributed by atoms with Gasteiger partial charge in [-0.15, -0.1) is 0 Å². The van der Waals surface area contributed by atoms with Crippen LogP contribution in [0.4, 0.5) is 5.69 Å². The Balaban J connectivity index is 1.57. The van der Waals surface area contributed by atoms with Gasteiger partial charge in [-0.05, 0) is 62.2 Å². The fourth-order valence-electron chi connectivity index (χ4n) is 3.71. The van der Waals surface area contributed by atoms with Crippen LogP contribution in [0.1, 0.15) is 55.0 Å². The number of fused-ring (bicyclic) bond motifs is 1. The molecule has 2 aromatic heterocycles. The number of anilines is 1. The molecule has 2 aromatic carbocycles. The van der Waals surface area contributed by atoms with Gasteiger partial charge < -0.3 is 19.2 Å². The predicted octanol–water partition coefficient (Wildman–Crippen LogP) is 5.23. The third-order valence-electron chi connectivity index (χ3n) is 5.51. The Morgan fingerprint density at radius 1 is 0.971 bits per heavy atom. The monoisotopic (exact) mass is 472 g/mol. The van der Waals surface area contributed by atoms with Crippen molar-refractivity contribution in [3.8, 4) is 0 Å². The summed E-state index contributed by atoms with van der Waals surface area (Å²) in [5.74, 6) is -1.42. The largest absolute Gasteiger partial charge is 0.462 e. The number of hydrogen-bond donors (Lipinski definition) is 1. The molecule has 1 amide bonds. The van der Waals surface area contributed by atoms with E-state index in [1.54, 1.807) is 38.1 Å². The molecule has 8 heteroatoms. The third kappa shape index (κ3) is 5.06. The Bertz CT molecular complexity index is 1410. The van der Waals surface area contributed by atoms with Gasteiger partial charge in [0.25, 0.3) is 5.91 Å². The minimum atomic E-state index is -0.624. The quantitative estimate of drug-likeness (QED) is 0.367. The molecule has 4 aromatic rings. The molecule has 0 fully saturated rings. The minimum absolute atomic E-state index is 0.154. The highest BCUT2D eigenvalue weighted by Crippen LogP contribution is 2.25. The smallest absolute Gasteiger partial charge is 0.340 e. The summed E-state index contributed by atoms with van der Waals surface area (Å²) in [7, 11) is 0. The molecule has 0 unspecified atom stereocenters. The van der Waals surface area contributed by atoms with E-state index in [1.807, 2.05) is 31.2 Å². The first kappa shape index (κ1) is 23.7. The predicted molar refractivity (Wildman–Crippen MR) is 129 cm³/mol. The van der Waals surface area contributed by atoms with E-state index < -0.39 is 17.8 Å². The van der Waals surface area contributed by atoms with Crippen molar-refractivity contribution >= 4 is 34.4 Å². The van der Waals surface area contributed by atoms with Gasteiger partial charge in [0.15, 0.2) is 5.76 Å². The molecule has 0 saturated heterocycles. The molecule has 0 spiro atoms. The number of aromatic nitrogens is 1. The summed E-state index contributed by atoms with van der Waals surface area (Å²) in [5, 5.41) is 3.55. The van der Waals surface area contributed by atoms with Crippen LogP contribution < -0.4 is 5.32 Å². The van der Waals surface area contributed by atoms with Gasteiger partial charge in [0, 0.05) is 11.1 Å². The summed E-state index contributed by atoms with van der Waals surface area (Å²) in [6.07, 6.45) is 1.41. The number of nitrogens with one attached hydrogen (secondary N) is 1. The van der Waals surface area contributed by atoms with E-state index in [2.05, 4.69) is 10.3 Å². The number of para-hydroxylation sites is 1. The summed E-state index contributed by atoms with van der Waals surface area (Å²) in [6, 6.07) is 15.4. The van der Waals surface area contributed by atoms with Gasteiger partial charge in [0.1, 0.15) is 6.61 Å². The second kappa shape index (κ2) is 10.2. The van der Waals surface area contributed by atoms with Crippen molar-refractivity contribution in [3.63, 3.8) is 0 Å². The molecule has 0 aliphatic carbocycles. The van der Waals surface area contributed by atoms with E-state index in [-0.39, 0.29) is 30.1 Å². The van der Waals surface area contributed by atoms with Crippen LogP contribution in [0.2, 0.25) is 0 Å². The topological polar surface area (TPSA) is 108 Å². The average Bonchev–Trinajstić information content (AvgIpc) is 3.39. The Labute approximate surface area is 201 Å². The van der Waals surface area contributed by atoms with Crippen molar-refractivity contribution in [2.75, 3.05) is 11.9 Å². The van der Waals surface area contributed by atoms with Crippen LogP contribution in [0.5, 0.6) is 0 Å². The van der Waals surface area contributed by atoms with Gasteiger partial charge in [0.05, 0.1) is 35.2 Å². The van der Waals surface area contributed by atoms with Gasteiger partial charge in [0.2, 0.25) is 0 Å². The van der Waals surface area contributed by atoms with Crippen LogP contribution in [0, 0.1) is 13.8 Å². The number of carbonyl (C=O) groups excluding carboxylic acids is 3. The maximum absolute atomic E-state index is 12.9. The van der Waals surface area contributed by atoms with Crippen molar-refractivity contribution in [1.29, 1.82) is 0 Å². The van der Waals surface area contributed by atoms with E-state index >= 15 is 0 Å². The Morgan fingerprint density at radius 3 is 2.51 bits per heavy atom. The number of pyridine rings is 1. The lowest BCUT2D eigenvalue weighted by atomic mass is 10.0. The van der Waals surface area contributed by atoms with Crippen molar-refractivity contribution in [1.82, 2.24) is 4.98 Å². The highest BCUT2D eigenvalue weighted by molar-refractivity contribution is 6.03. The lowest BCUT2D eigenvalue weighted by Gasteiger charge is -2.14. The first-order valence-corrected chi connectivity index (χ1v) is 11.1. The molecule has 178 valence electrons. The van der Waals surface area contributed by atoms with Crippen LogP contribution in [0.15, 0.2) is 65.3 Å². The summed E-state index contributed by atoms with van der Waals surface area (Å²) in [6.45, 7) is 5.33. The average molecular weight is 472 g/mol. The molecule has 0 bridgehead atoms. The number of amides is 1. The Morgan fingerprint density at radius 2 is 1.77 bits per heavy atom. The zero-order valence-corrected chi connectivity index (χ0v) is 19.6. The van der Waals surface area contributed by atoms with Crippen LogP contribution in [0.3, 0.4) is 0 Å². The molecule has 8 nitrogen and oxygen atoms in total. The molecular weight excluding hydrogens is 448 g/mol. The molecule has 2 heterocycles. The first-order valence-electron chi connectivity index (χ1n) is 11.1. The lowest BCUT2D eigenvalue weighted by Crippen LogP contribution is -2.15. The van der Waals surface area contributed by atoms with Crippen molar-refractivity contribution in [2.45, 2.75) is 27.4 Å². The van der Waals surface area contributed by atoms with Crippen LogP contribution in [-0.2, 0) is 16.1 Å². The summed E-state index contributed by atoms with van der Waals surface area (Å²) >= 11 is 0. The van der Waals surface area contributed by atoms with Gasteiger partial charge in [-0.2, -0.15) is 0 Å². The van der Waals surface area contributed by atoms with Gasteiger partial charge in [-0.1, -0.05) is 24.3 Å². The zero-order chi connectivity index (χ0) is 24.9. The molecule has 0 saturated carbocycles. The fourth-order valence-corrected chi connectivity index (χ4v) is 3.71. The van der Waals surface area contributed by atoms with E-state index in [0.29, 0.717) is 22.5 Å². The number of aryl methyl sites for hydroxylation is 2. The molecule has 4 rings (SSSR count). The van der Waals surface area contributed by atoms with E-state index in [0.717, 1.165) is 10.9 Å². The lowest BCUT2D eigenvalue weighted by molar-refractivity contribution is 0.0444. The van der Waals surface area contributed by atoms with Gasteiger partial charge >= 0.3 is 11.9 Å². The number of hydrogen-bond acceptors (Lipinski definition) is 7. The maximum Gasteiger partial charge on any atom is 0.340 e. The molecule has 0 aliphatic heterocycles. The number of rotatable bonds is 7. The molecular formula is C27H24N2O6. The van der Waals surface area contributed by atoms with Crippen LogP contribution in [0.25, 0.3) is 10.9 Å². The van der Waals surface area contributed by atoms with Crippen molar-refractivity contribution in [3.05, 3.63) is 94.6 Å². The maximum atomic E-state index is 12.9. The van der Waals surface area contributed by atoms with Crippen molar-refractivity contribution in [2.24, 2.45) is 0 Å². The number of nitrogens with zero attached hydrogens (tertiary/aromatic N) is 1. The van der Waals surface area contributed by atoms with E-state index in [9.17, 15) is 14.4 Å². The second-order valence-electron chi connectivity index (χ2n) is 7.83. The third-order valence-corrected chi connectivity index (χ3v) is 5.51. The highest BCUT2D eigenvalue weighted by Gasteiger charge is 2.21. The normalized spacial score (nSPS) is 10.7. The standard InChI is InChI=1S/C27H24N2O6/c1-4-33-27(32)24-17(3)19-8-5-6-9-20(19)28-22(24)15-35-26(31)18-12-11-16(2)21(14-18)29-25(30)23-10-7-13-34-23/h5-14H,4,15H2,1-3H3,(H,29,30). The van der Waals surface area contributed by atoms with Crippen molar-refractivity contribution < 1.29 is 28.3 Å². The molecule has 0 atom stereocenters. The van der Waals surface area contributed by atoms with E-state index in [4.69, 9.17) is 13.9 Å². The second-order valence-corrected chi connectivity index (χ2v) is 7.83. The summed E-state index contributed by atoms with van der Waals surface area (Å²) in [4.78, 5) is 42.4. The first-order chi connectivity index (χ1) is 16.9. The number of esters is 2. The number of benzene rings is 2.